The van der Waals surface area contributed by atoms with Crippen LogP contribution in [0.1, 0.15) is 40.2 Å². The van der Waals surface area contributed by atoms with Crippen LogP contribution in [0.25, 0.3) is 10.6 Å². The predicted octanol–water partition coefficient (Wildman–Crippen LogP) is 5.21. The van der Waals surface area contributed by atoms with Gasteiger partial charge in [0.2, 0.25) is 0 Å². The van der Waals surface area contributed by atoms with Crippen molar-refractivity contribution in [1.82, 2.24) is 15.3 Å². The molecular weight excluding hydrogens is 453 g/mol. The smallest absolute Gasteiger partial charge is 0.251 e. The van der Waals surface area contributed by atoms with E-state index in [1.807, 2.05) is 13.0 Å². The molecule has 3 heterocycles. The van der Waals surface area contributed by atoms with E-state index in [4.69, 9.17) is 21.1 Å². The molecule has 0 aliphatic carbocycles. The van der Waals surface area contributed by atoms with E-state index >= 15 is 0 Å². The molecule has 2 aromatic heterocycles. The lowest BCUT2D eigenvalue weighted by Gasteiger charge is -2.16. The third-order valence-electron chi connectivity index (χ3n) is 5.21. The Bertz CT molecular complexity index is 1120. The third-order valence-corrected chi connectivity index (χ3v) is 6.38. The van der Waals surface area contributed by atoms with E-state index in [9.17, 15) is 9.18 Å². The Balaban J connectivity index is 1.57. The number of nitrogens with zero attached hydrogens (tertiary/aromatic N) is 2. The van der Waals surface area contributed by atoms with Gasteiger partial charge in [0.25, 0.3) is 5.91 Å². The summed E-state index contributed by atoms with van der Waals surface area (Å²) in [7, 11) is 0. The summed E-state index contributed by atoms with van der Waals surface area (Å²) in [6.45, 7) is 5.60. The fraction of sp³-hybridized carbons (Fsp3) is 0.348. The summed E-state index contributed by atoms with van der Waals surface area (Å²) in [5, 5.41) is 3.69. The van der Waals surface area contributed by atoms with Crippen molar-refractivity contribution in [3.63, 3.8) is 0 Å². The third kappa shape index (κ3) is 5.43. The molecule has 3 aromatic rings. The lowest BCUT2D eigenvalue weighted by atomic mass is 10.1. The van der Waals surface area contributed by atoms with Crippen LogP contribution in [0.4, 0.5) is 4.39 Å². The van der Waals surface area contributed by atoms with Crippen molar-refractivity contribution in [2.45, 2.75) is 26.3 Å². The maximum absolute atomic E-state index is 14.2. The normalized spacial score (nSPS) is 16.7. The summed E-state index contributed by atoms with van der Waals surface area (Å²) >= 11 is 7.27. The Morgan fingerprint density at radius 3 is 2.88 bits per heavy atom. The average molecular weight is 476 g/mol. The molecule has 1 fully saturated rings. The molecule has 0 radical (unpaired) electrons. The van der Waals surface area contributed by atoms with Gasteiger partial charge < -0.3 is 14.8 Å². The minimum Gasteiger partial charge on any atom is -0.493 e. The quantitative estimate of drug-likeness (QED) is 0.475. The maximum atomic E-state index is 14.2. The molecule has 1 aliphatic heterocycles. The van der Waals surface area contributed by atoms with Crippen LogP contribution in [0.2, 0.25) is 5.15 Å². The van der Waals surface area contributed by atoms with Crippen molar-refractivity contribution in [2.24, 2.45) is 5.92 Å². The Morgan fingerprint density at radius 1 is 1.34 bits per heavy atom. The number of rotatable bonds is 7. The van der Waals surface area contributed by atoms with Crippen molar-refractivity contribution in [2.75, 3.05) is 19.8 Å². The van der Waals surface area contributed by atoms with Gasteiger partial charge in [0, 0.05) is 52.6 Å². The first-order valence-corrected chi connectivity index (χ1v) is 11.5. The number of carbonyl (C=O) groups is 1. The highest BCUT2D eigenvalue weighted by molar-refractivity contribution is 7.14. The minimum atomic E-state index is -0.599. The summed E-state index contributed by atoms with van der Waals surface area (Å²) < 4.78 is 25.7. The van der Waals surface area contributed by atoms with Gasteiger partial charge in [-0.05, 0) is 38.5 Å². The fourth-order valence-electron chi connectivity index (χ4n) is 3.45. The van der Waals surface area contributed by atoms with E-state index in [0.717, 1.165) is 34.5 Å². The number of aromatic nitrogens is 2. The van der Waals surface area contributed by atoms with Gasteiger partial charge in [-0.25, -0.2) is 14.4 Å². The molecule has 1 unspecified atom stereocenters. The van der Waals surface area contributed by atoms with Crippen molar-refractivity contribution in [1.29, 1.82) is 0 Å². The number of amides is 1. The number of carbonyl (C=O) groups excluding carboxylic acids is 1. The topological polar surface area (TPSA) is 73.3 Å². The van der Waals surface area contributed by atoms with Crippen LogP contribution in [0.3, 0.4) is 0 Å². The lowest BCUT2D eigenvalue weighted by Crippen LogP contribution is -2.27. The van der Waals surface area contributed by atoms with Crippen LogP contribution in [0.5, 0.6) is 5.75 Å². The highest BCUT2D eigenvalue weighted by Crippen LogP contribution is 2.30. The molecule has 1 N–H and O–H groups in total. The summed E-state index contributed by atoms with van der Waals surface area (Å²) in [5.74, 6) is 0.0430. The predicted molar refractivity (Wildman–Crippen MR) is 122 cm³/mol. The Morgan fingerprint density at radius 2 is 2.19 bits per heavy atom. The number of pyridine rings is 1. The number of hydrogen-bond acceptors (Lipinski definition) is 6. The van der Waals surface area contributed by atoms with Crippen molar-refractivity contribution >= 4 is 28.8 Å². The van der Waals surface area contributed by atoms with E-state index in [2.05, 4.69) is 15.3 Å². The minimum absolute atomic E-state index is 0.0608. The van der Waals surface area contributed by atoms with Crippen LogP contribution in [0.15, 0.2) is 36.7 Å². The van der Waals surface area contributed by atoms with Gasteiger partial charge in [-0.3, -0.25) is 4.79 Å². The first-order chi connectivity index (χ1) is 15.4. The second kappa shape index (κ2) is 9.94. The second-order valence-corrected chi connectivity index (χ2v) is 9.41. The van der Waals surface area contributed by atoms with E-state index in [1.54, 1.807) is 25.3 Å². The summed E-state index contributed by atoms with van der Waals surface area (Å²) in [4.78, 5) is 22.4. The van der Waals surface area contributed by atoms with E-state index in [0.29, 0.717) is 30.4 Å². The van der Waals surface area contributed by atoms with Gasteiger partial charge in [0.15, 0.2) is 0 Å². The number of ether oxygens (including phenoxy) is 2. The molecule has 1 aliphatic rings. The molecule has 9 heteroatoms. The maximum Gasteiger partial charge on any atom is 0.251 e. The number of thiazole rings is 1. The van der Waals surface area contributed by atoms with Gasteiger partial charge in [-0.1, -0.05) is 11.6 Å². The first-order valence-electron chi connectivity index (χ1n) is 10.3. The number of aryl methyl sites for hydroxylation is 1. The molecule has 0 saturated carbocycles. The van der Waals surface area contributed by atoms with Gasteiger partial charge in [-0.15, -0.1) is 11.3 Å². The van der Waals surface area contributed by atoms with Crippen molar-refractivity contribution < 1.29 is 18.7 Å². The van der Waals surface area contributed by atoms with Crippen LogP contribution in [0, 0.1) is 18.7 Å². The highest BCUT2D eigenvalue weighted by atomic mass is 35.5. The van der Waals surface area contributed by atoms with E-state index in [-0.39, 0.29) is 16.6 Å². The Hall–Kier alpha value is -2.55. The van der Waals surface area contributed by atoms with Gasteiger partial charge >= 0.3 is 0 Å². The molecule has 1 amide bonds. The molecule has 0 spiro atoms. The van der Waals surface area contributed by atoms with Gasteiger partial charge in [0.05, 0.1) is 19.3 Å². The first kappa shape index (κ1) is 22.6. The molecule has 4 rings (SSSR count). The Labute approximate surface area is 194 Å². The second-order valence-electron chi connectivity index (χ2n) is 7.79. The number of hydrogen-bond donors (Lipinski definition) is 1. The summed E-state index contributed by atoms with van der Waals surface area (Å²) in [6, 6.07) is 5.87. The van der Waals surface area contributed by atoms with Crippen LogP contribution < -0.4 is 10.1 Å². The van der Waals surface area contributed by atoms with Crippen LogP contribution >= 0.6 is 22.9 Å². The summed E-state index contributed by atoms with van der Waals surface area (Å²) in [5.41, 5.74) is 1.45. The molecule has 168 valence electrons. The zero-order chi connectivity index (χ0) is 22.7. The van der Waals surface area contributed by atoms with Crippen LogP contribution in [-0.4, -0.2) is 35.7 Å². The van der Waals surface area contributed by atoms with Crippen molar-refractivity contribution in [3.05, 3.63) is 63.6 Å². The molecule has 2 atom stereocenters. The molecule has 1 aromatic carbocycles. The average Bonchev–Trinajstić information content (AvgIpc) is 3.43. The highest BCUT2D eigenvalue weighted by Gasteiger charge is 2.20. The number of nitrogens with one attached hydrogen (secondary N) is 1. The van der Waals surface area contributed by atoms with Gasteiger partial charge in [0.1, 0.15) is 21.7 Å². The SMILES string of the molecule is Cc1cnc(-c2cc(OC[C@@H]3CCOC3)cc(C(=O)NC(C)c3cnc(Cl)cc3F)c2)s1. The van der Waals surface area contributed by atoms with Gasteiger partial charge in [-0.2, -0.15) is 0 Å². The van der Waals surface area contributed by atoms with Crippen molar-refractivity contribution in [3.8, 4) is 16.3 Å². The van der Waals surface area contributed by atoms with Crippen LogP contribution in [-0.2, 0) is 4.74 Å². The molecular formula is C23H23ClFN3O3S. The monoisotopic (exact) mass is 475 g/mol. The standard InChI is InChI=1S/C23H23ClFN3O3S/c1-13-9-27-23(32-13)17-5-16(6-18(7-17)31-12-15-3-4-30-11-15)22(29)28-14(2)19-10-26-21(24)8-20(19)25/h5-10,14-15H,3-4,11-12H2,1-2H3,(H,28,29)/t14?,15-/m1/s1. The van der Waals surface area contributed by atoms with E-state index in [1.165, 1.54) is 17.5 Å². The zero-order valence-electron chi connectivity index (χ0n) is 17.7. The molecule has 1 saturated heterocycles. The zero-order valence-corrected chi connectivity index (χ0v) is 19.3. The number of halogens is 2. The fourth-order valence-corrected chi connectivity index (χ4v) is 4.34. The van der Waals surface area contributed by atoms with E-state index < -0.39 is 11.9 Å². The molecule has 32 heavy (non-hydrogen) atoms. The molecule has 0 bridgehead atoms. The largest absolute Gasteiger partial charge is 0.493 e. The molecule has 6 nitrogen and oxygen atoms in total. The Kier molecular flexibility index (Phi) is 7.03. The summed E-state index contributed by atoms with van der Waals surface area (Å²) in [6.07, 6.45) is 4.08. The number of benzene rings is 1. The lowest BCUT2D eigenvalue weighted by molar-refractivity contribution is 0.0938.